The van der Waals surface area contributed by atoms with E-state index in [2.05, 4.69) is 26.2 Å². The summed E-state index contributed by atoms with van der Waals surface area (Å²) in [5.41, 5.74) is 7.94. The maximum atomic E-state index is 12.9. The van der Waals surface area contributed by atoms with Gasteiger partial charge in [0.15, 0.2) is 0 Å². The normalized spacial score (nSPS) is 10.8. The number of nitrogens with one attached hydrogen (secondary N) is 5. The number of likely N-dealkylation sites (N-methyl/N-ethyl adjacent to an activating group) is 1. The maximum absolute atomic E-state index is 12.9. The number of amides is 3. The average Bonchev–Trinajstić information content (AvgIpc) is 2.88. The van der Waals surface area contributed by atoms with Crippen LogP contribution in [-0.2, 0) is 25.5 Å². The highest BCUT2D eigenvalue weighted by Crippen LogP contribution is 2.23. The minimum atomic E-state index is -3.91. The molecule has 0 radical (unpaired) electrons. The monoisotopic (exact) mass is 529 g/mol. The van der Waals surface area contributed by atoms with E-state index < -0.39 is 21.8 Å². The van der Waals surface area contributed by atoms with E-state index in [9.17, 15) is 22.8 Å². The highest BCUT2D eigenvalue weighted by molar-refractivity contribution is 7.92. The van der Waals surface area contributed by atoms with E-state index in [0.717, 1.165) is 5.56 Å². The molecule has 0 saturated heterocycles. The van der Waals surface area contributed by atoms with Gasteiger partial charge in [0.1, 0.15) is 0 Å². The third-order valence-corrected chi connectivity index (χ3v) is 6.71. The Morgan fingerprint density at radius 3 is 2.08 bits per heavy atom. The fourth-order valence-corrected chi connectivity index (χ4v) is 4.33. The topological polar surface area (TPSA) is 146 Å². The first kappa shape index (κ1) is 26.5. The van der Waals surface area contributed by atoms with Gasteiger partial charge in [0, 0.05) is 24.2 Å². The van der Waals surface area contributed by atoms with Crippen molar-refractivity contribution in [3.8, 4) is 0 Å². The molecule has 0 spiro atoms. The molecule has 0 aliphatic heterocycles. The molecule has 0 aliphatic rings. The molecule has 5 N–H and O–H groups in total. The van der Waals surface area contributed by atoms with Crippen LogP contribution >= 0.6 is 11.6 Å². The molecule has 0 fully saturated rings. The molecular weight excluding hydrogens is 506 g/mol. The van der Waals surface area contributed by atoms with Crippen molar-refractivity contribution in [2.45, 2.75) is 17.7 Å². The predicted octanol–water partition coefficient (Wildman–Crippen LogP) is 2.98. The minimum Gasteiger partial charge on any atom is -0.351 e. The highest BCUT2D eigenvalue weighted by Gasteiger charge is 2.16. The summed E-state index contributed by atoms with van der Waals surface area (Å²) in [7, 11) is -2.58. The van der Waals surface area contributed by atoms with Crippen molar-refractivity contribution in [3.63, 3.8) is 0 Å². The zero-order valence-electron chi connectivity index (χ0n) is 19.4. The number of hydrogen-bond donors (Lipinski definition) is 5. The van der Waals surface area contributed by atoms with Gasteiger partial charge in [0.05, 0.1) is 16.3 Å². The molecule has 0 saturated carbocycles. The Hall–Kier alpha value is -4.09. The highest BCUT2D eigenvalue weighted by atomic mass is 35.5. The van der Waals surface area contributed by atoms with Crippen molar-refractivity contribution in [1.29, 1.82) is 0 Å². The lowest BCUT2D eigenvalue weighted by Gasteiger charge is -2.14. The molecule has 3 rings (SSSR count). The fraction of sp³-hybridized carbons (Fsp3) is 0.125. The van der Waals surface area contributed by atoms with Gasteiger partial charge in [-0.1, -0.05) is 12.1 Å². The van der Waals surface area contributed by atoms with Gasteiger partial charge < -0.3 is 10.6 Å². The third-order valence-electron chi connectivity index (χ3n) is 5.02. The zero-order valence-corrected chi connectivity index (χ0v) is 21.0. The summed E-state index contributed by atoms with van der Waals surface area (Å²) in [6.45, 7) is 1.68. The summed E-state index contributed by atoms with van der Waals surface area (Å²) in [6.07, 6.45) is 0. The van der Waals surface area contributed by atoms with Crippen LogP contribution in [0.25, 0.3) is 0 Å². The molecule has 36 heavy (non-hydrogen) atoms. The number of carbonyl (C=O) groups excluding carboxylic acids is 3. The van der Waals surface area contributed by atoms with Crippen LogP contribution in [0, 0.1) is 6.92 Å². The lowest BCUT2D eigenvalue weighted by Crippen LogP contribution is -2.40. The van der Waals surface area contributed by atoms with Gasteiger partial charge in [-0.15, -0.1) is 11.6 Å². The van der Waals surface area contributed by atoms with Gasteiger partial charge in [0.2, 0.25) is 0 Å². The smallest absolute Gasteiger partial charge is 0.327 e. The number of anilines is 3. The van der Waals surface area contributed by atoms with E-state index in [1.54, 1.807) is 37.3 Å². The van der Waals surface area contributed by atoms with Gasteiger partial charge in [-0.05, 0) is 72.6 Å². The number of halogens is 1. The second-order valence-electron chi connectivity index (χ2n) is 7.60. The third kappa shape index (κ3) is 6.74. The Balaban J connectivity index is 1.64. The molecule has 0 heterocycles. The van der Waals surface area contributed by atoms with Crippen molar-refractivity contribution in [1.82, 2.24) is 10.7 Å². The van der Waals surface area contributed by atoms with Gasteiger partial charge in [0.25, 0.3) is 15.9 Å². The Bertz CT molecular complexity index is 1380. The predicted molar refractivity (Wildman–Crippen MR) is 138 cm³/mol. The quantitative estimate of drug-likeness (QED) is 0.172. The Labute approximate surface area is 213 Å². The molecular formula is C24H24ClN5O5S. The number of hydrogen-bond acceptors (Lipinski definition) is 6. The first-order valence-electron chi connectivity index (χ1n) is 10.6. The Morgan fingerprint density at radius 2 is 1.50 bits per heavy atom. The summed E-state index contributed by atoms with van der Waals surface area (Å²) in [6, 6.07) is 17.2. The molecule has 0 bridgehead atoms. The number of aryl methyl sites for hydroxylation is 1. The van der Waals surface area contributed by atoms with Crippen molar-refractivity contribution in [3.05, 3.63) is 83.4 Å². The van der Waals surface area contributed by atoms with E-state index in [4.69, 9.17) is 11.6 Å². The summed E-state index contributed by atoms with van der Waals surface area (Å²) >= 11 is 5.76. The van der Waals surface area contributed by atoms with E-state index in [0.29, 0.717) is 34.1 Å². The van der Waals surface area contributed by atoms with Gasteiger partial charge >= 0.3 is 11.8 Å². The van der Waals surface area contributed by atoms with Crippen LogP contribution in [0.1, 0.15) is 21.5 Å². The second kappa shape index (κ2) is 11.6. The molecule has 188 valence electrons. The standard InChI is InChI=1S/C24H24ClN5O5S/c1-15-13-19(28-29-24(33)23(32)26-2)9-12-21(15)30-36(34,35)20-10-7-18(8-11-20)27-22(31)17-5-3-16(14-25)4-6-17/h3-13,28,30H,14H2,1-2H3,(H,26,32)(H,27,31)(H,29,33). The van der Waals surface area contributed by atoms with Gasteiger partial charge in [-0.3, -0.25) is 30.0 Å². The van der Waals surface area contributed by atoms with Gasteiger partial charge in [-0.2, -0.15) is 0 Å². The molecule has 10 nitrogen and oxygen atoms in total. The number of hydrazine groups is 1. The Morgan fingerprint density at radius 1 is 0.861 bits per heavy atom. The first-order chi connectivity index (χ1) is 17.1. The van der Waals surface area contributed by atoms with Crippen LogP contribution in [0.3, 0.4) is 0 Å². The molecule has 3 aromatic carbocycles. The van der Waals surface area contributed by atoms with Crippen molar-refractivity contribution in [2.24, 2.45) is 0 Å². The minimum absolute atomic E-state index is 0.00593. The zero-order chi connectivity index (χ0) is 26.3. The number of rotatable bonds is 8. The van der Waals surface area contributed by atoms with E-state index in [1.165, 1.54) is 43.4 Å². The van der Waals surface area contributed by atoms with Crippen LogP contribution < -0.4 is 26.2 Å². The number of alkyl halides is 1. The van der Waals surface area contributed by atoms with Crippen molar-refractivity contribution >= 4 is 56.4 Å². The van der Waals surface area contributed by atoms with Crippen LogP contribution in [-0.4, -0.2) is 33.2 Å². The molecule has 3 amide bonds. The van der Waals surface area contributed by atoms with E-state index >= 15 is 0 Å². The van der Waals surface area contributed by atoms with Crippen LogP contribution in [0.4, 0.5) is 17.1 Å². The number of sulfonamides is 1. The number of benzene rings is 3. The second-order valence-corrected chi connectivity index (χ2v) is 9.55. The molecule has 0 atom stereocenters. The van der Waals surface area contributed by atoms with Gasteiger partial charge in [-0.25, -0.2) is 8.42 Å². The van der Waals surface area contributed by atoms with Crippen LogP contribution in [0.5, 0.6) is 0 Å². The summed E-state index contributed by atoms with van der Waals surface area (Å²) in [4.78, 5) is 35.2. The molecule has 12 heteroatoms. The summed E-state index contributed by atoms with van der Waals surface area (Å²) in [5.74, 6) is -1.66. The lowest BCUT2D eigenvalue weighted by atomic mass is 10.1. The van der Waals surface area contributed by atoms with Crippen molar-refractivity contribution < 1.29 is 22.8 Å². The molecule has 3 aromatic rings. The summed E-state index contributed by atoms with van der Waals surface area (Å²) in [5, 5.41) is 4.92. The average molecular weight is 530 g/mol. The van der Waals surface area contributed by atoms with E-state index in [-0.39, 0.29) is 10.8 Å². The van der Waals surface area contributed by atoms with Crippen molar-refractivity contribution in [2.75, 3.05) is 22.5 Å². The largest absolute Gasteiger partial charge is 0.351 e. The van der Waals surface area contributed by atoms with Crippen LogP contribution in [0.15, 0.2) is 71.6 Å². The Kier molecular flexibility index (Phi) is 8.51. The summed E-state index contributed by atoms with van der Waals surface area (Å²) < 4.78 is 28.2. The lowest BCUT2D eigenvalue weighted by molar-refractivity contribution is -0.138. The van der Waals surface area contributed by atoms with Crippen LogP contribution in [0.2, 0.25) is 0 Å². The first-order valence-corrected chi connectivity index (χ1v) is 12.6. The van der Waals surface area contributed by atoms with E-state index in [1.807, 2.05) is 0 Å². The molecule has 0 aliphatic carbocycles. The fourth-order valence-electron chi connectivity index (χ4n) is 3.02. The molecule has 0 unspecified atom stereocenters. The number of carbonyl (C=O) groups is 3. The SMILES string of the molecule is CNC(=O)C(=O)NNc1ccc(NS(=O)(=O)c2ccc(NC(=O)c3ccc(CCl)cc3)cc2)c(C)c1. The maximum Gasteiger partial charge on any atom is 0.327 e. The molecule has 0 aromatic heterocycles.